The SMILES string of the molecule is C[C@@H]1C[C@@H]1c1ccc(CNC(=O)Cn2c(=O)cnc3ccccc32)o1. The zero-order valence-corrected chi connectivity index (χ0v) is 13.9. The van der Waals surface area contributed by atoms with E-state index < -0.39 is 0 Å². The molecule has 1 aromatic carbocycles. The normalized spacial score (nSPS) is 19.1. The van der Waals surface area contributed by atoms with Crippen molar-refractivity contribution >= 4 is 16.9 Å². The second-order valence-electron chi connectivity index (χ2n) is 6.57. The first-order chi connectivity index (χ1) is 12.1. The van der Waals surface area contributed by atoms with E-state index in [0.717, 1.165) is 17.9 Å². The quantitative estimate of drug-likeness (QED) is 0.776. The Morgan fingerprint density at radius 1 is 1.32 bits per heavy atom. The Morgan fingerprint density at radius 2 is 2.12 bits per heavy atom. The van der Waals surface area contributed by atoms with Crippen molar-refractivity contribution < 1.29 is 9.21 Å². The molecule has 128 valence electrons. The lowest BCUT2D eigenvalue weighted by Gasteiger charge is -2.09. The zero-order valence-electron chi connectivity index (χ0n) is 13.9. The fraction of sp³-hybridized carbons (Fsp3) is 0.316. The van der Waals surface area contributed by atoms with Crippen molar-refractivity contribution in [1.29, 1.82) is 0 Å². The summed E-state index contributed by atoms with van der Waals surface area (Å²) in [5.41, 5.74) is 1.04. The molecule has 2 atom stereocenters. The number of carbonyl (C=O) groups is 1. The average Bonchev–Trinajstić information content (AvgIpc) is 3.16. The molecule has 25 heavy (non-hydrogen) atoms. The molecule has 6 heteroatoms. The molecule has 6 nitrogen and oxygen atoms in total. The van der Waals surface area contributed by atoms with Gasteiger partial charge in [-0.1, -0.05) is 19.1 Å². The fourth-order valence-corrected chi connectivity index (χ4v) is 3.07. The van der Waals surface area contributed by atoms with E-state index in [1.807, 2.05) is 30.3 Å². The summed E-state index contributed by atoms with van der Waals surface area (Å²) < 4.78 is 7.21. The van der Waals surface area contributed by atoms with Crippen LogP contribution in [0, 0.1) is 5.92 Å². The topological polar surface area (TPSA) is 77.1 Å². The van der Waals surface area contributed by atoms with Gasteiger partial charge in [-0.05, 0) is 36.6 Å². The van der Waals surface area contributed by atoms with Crippen molar-refractivity contribution in [1.82, 2.24) is 14.9 Å². The molecule has 1 aliphatic carbocycles. The molecule has 1 saturated carbocycles. The van der Waals surface area contributed by atoms with Crippen LogP contribution in [0.15, 0.2) is 51.8 Å². The van der Waals surface area contributed by atoms with Gasteiger partial charge in [-0.2, -0.15) is 0 Å². The molecular formula is C19H19N3O3. The molecule has 0 spiro atoms. The van der Waals surface area contributed by atoms with Crippen molar-refractivity contribution in [3.8, 4) is 0 Å². The van der Waals surface area contributed by atoms with E-state index in [4.69, 9.17) is 4.42 Å². The summed E-state index contributed by atoms with van der Waals surface area (Å²) in [4.78, 5) is 28.4. The number of hydrogen-bond donors (Lipinski definition) is 1. The van der Waals surface area contributed by atoms with Gasteiger partial charge in [0, 0.05) is 5.92 Å². The molecule has 0 aliphatic heterocycles. The molecule has 0 saturated heterocycles. The van der Waals surface area contributed by atoms with Gasteiger partial charge in [0.1, 0.15) is 18.1 Å². The van der Waals surface area contributed by atoms with E-state index in [1.54, 1.807) is 6.07 Å². The Morgan fingerprint density at radius 3 is 2.92 bits per heavy atom. The smallest absolute Gasteiger partial charge is 0.269 e. The first-order valence-corrected chi connectivity index (χ1v) is 8.41. The van der Waals surface area contributed by atoms with Crippen LogP contribution in [-0.2, 0) is 17.9 Å². The van der Waals surface area contributed by atoms with Gasteiger partial charge in [0.25, 0.3) is 5.56 Å². The standard InChI is InChI=1S/C19H19N3O3/c1-12-8-14(12)17-7-6-13(25-17)9-21-18(23)11-22-16-5-3-2-4-15(16)20-10-19(22)24/h2-7,10,12,14H,8-9,11H2,1H3,(H,21,23)/t12-,14+/m1/s1. The predicted octanol–water partition coefficient (Wildman–Crippen LogP) is 2.43. The largest absolute Gasteiger partial charge is 0.464 e. The summed E-state index contributed by atoms with van der Waals surface area (Å²) >= 11 is 0. The van der Waals surface area contributed by atoms with Gasteiger partial charge in [-0.3, -0.25) is 14.2 Å². The van der Waals surface area contributed by atoms with Crippen LogP contribution in [0.1, 0.15) is 30.8 Å². The van der Waals surface area contributed by atoms with Gasteiger partial charge in [0.2, 0.25) is 5.91 Å². The second kappa shape index (κ2) is 6.20. The highest BCUT2D eigenvalue weighted by molar-refractivity contribution is 5.79. The third-order valence-electron chi connectivity index (χ3n) is 4.67. The number of carbonyl (C=O) groups excluding carboxylic acids is 1. The minimum Gasteiger partial charge on any atom is -0.464 e. The molecule has 4 rings (SSSR count). The van der Waals surface area contributed by atoms with Gasteiger partial charge >= 0.3 is 0 Å². The molecule has 3 aromatic rings. The van der Waals surface area contributed by atoms with Crippen LogP contribution in [0.3, 0.4) is 0 Å². The highest BCUT2D eigenvalue weighted by Gasteiger charge is 2.36. The number of aromatic nitrogens is 2. The lowest BCUT2D eigenvalue weighted by molar-refractivity contribution is -0.121. The lowest BCUT2D eigenvalue weighted by atomic mass is 10.3. The Hall–Kier alpha value is -2.89. The van der Waals surface area contributed by atoms with Crippen LogP contribution >= 0.6 is 0 Å². The van der Waals surface area contributed by atoms with E-state index in [0.29, 0.717) is 29.4 Å². The molecule has 1 N–H and O–H groups in total. The maximum absolute atomic E-state index is 12.3. The van der Waals surface area contributed by atoms with Gasteiger partial charge in [-0.25, -0.2) is 4.98 Å². The number of hydrogen-bond acceptors (Lipinski definition) is 4. The number of nitrogens with one attached hydrogen (secondary N) is 1. The first kappa shape index (κ1) is 15.6. The fourth-order valence-electron chi connectivity index (χ4n) is 3.07. The van der Waals surface area contributed by atoms with E-state index >= 15 is 0 Å². The summed E-state index contributed by atoms with van der Waals surface area (Å²) in [6.07, 6.45) is 2.41. The first-order valence-electron chi connectivity index (χ1n) is 8.41. The van der Waals surface area contributed by atoms with E-state index in [9.17, 15) is 9.59 Å². The van der Waals surface area contributed by atoms with Crippen LogP contribution in [0.25, 0.3) is 11.0 Å². The Bertz CT molecular complexity index is 989. The molecule has 0 unspecified atom stereocenters. The van der Waals surface area contributed by atoms with Crippen molar-refractivity contribution in [3.63, 3.8) is 0 Å². The van der Waals surface area contributed by atoms with Gasteiger partial charge in [0.05, 0.1) is 23.8 Å². The number of fused-ring (bicyclic) bond motifs is 1. The summed E-state index contributed by atoms with van der Waals surface area (Å²) in [6.45, 7) is 2.47. The molecule has 2 heterocycles. The monoisotopic (exact) mass is 337 g/mol. The summed E-state index contributed by atoms with van der Waals surface area (Å²) in [6, 6.07) is 11.1. The summed E-state index contributed by atoms with van der Waals surface area (Å²) in [7, 11) is 0. The lowest BCUT2D eigenvalue weighted by Crippen LogP contribution is -2.32. The van der Waals surface area contributed by atoms with Gasteiger partial charge < -0.3 is 9.73 Å². The molecule has 1 fully saturated rings. The molecule has 2 aromatic heterocycles. The minimum atomic E-state index is -0.295. The van der Waals surface area contributed by atoms with Crippen molar-refractivity contribution in [2.24, 2.45) is 5.92 Å². The van der Waals surface area contributed by atoms with E-state index in [2.05, 4.69) is 17.2 Å². The van der Waals surface area contributed by atoms with E-state index in [-0.39, 0.29) is 18.0 Å². The molecule has 0 bridgehead atoms. The van der Waals surface area contributed by atoms with Crippen LogP contribution in [-0.4, -0.2) is 15.5 Å². The average molecular weight is 337 g/mol. The number of nitrogens with zero attached hydrogens (tertiary/aromatic N) is 2. The van der Waals surface area contributed by atoms with Crippen LogP contribution in [0.2, 0.25) is 0 Å². The number of rotatable bonds is 5. The van der Waals surface area contributed by atoms with Gasteiger partial charge in [0.15, 0.2) is 0 Å². The van der Waals surface area contributed by atoms with Gasteiger partial charge in [-0.15, -0.1) is 0 Å². The maximum Gasteiger partial charge on any atom is 0.269 e. The Labute approximate surface area is 144 Å². The molecule has 0 radical (unpaired) electrons. The zero-order chi connectivity index (χ0) is 17.4. The number of benzene rings is 1. The Kier molecular flexibility index (Phi) is 3.87. The molecule has 1 aliphatic rings. The van der Waals surface area contributed by atoms with Crippen LogP contribution in [0.5, 0.6) is 0 Å². The third-order valence-corrected chi connectivity index (χ3v) is 4.67. The summed E-state index contributed by atoms with van der Waals surface area (Å²) in [5, 5.41) is 2.81. The van der Waals surface area contributed by atoms with E-state index in [1.165, 1.54) is 10.8 Å². The molecular weight excluding hydrogens is 318 g/mol. The third kappa shape index (κ3) is 3.20. The predicted molar refractivity (Wildman–Crippen MR) is 93.1 cm³/mol. The summed E-state index contributed by atoms with van der Waals surface area (Å²) in [5.74, 6) is 2.69. The molecule has 1 amide bonds. The number of para-hydroxylation sites is 2. The van der Waals surface area contributed by atoms with Crippen molar-refractivity contribution in [3.05, 3.63) is 64.5 Å². The Balaban J connectivity index is 1.43. The van der Waals surface area contributed by atoms with Crippen LogP contribution < -0.4 is 10.9 Å². The maximum atomic E-state index is 12.3. The number of furan rings is 1. The highest BCUT2D eigenvalue weighted by Crippen LogP contribution is 2.47. The second-order valence-corrected chi connectivity index (χ2v) is 6.57. The van der Waals surface area contributed by atoms with Crippen molar-refractivity contribution in [2.75, 3.05) is 0 Å². The minimum absolute atomic E-state index is 0.0465. The van der Waals surface area contributed by atoms with Crippen molar-refractivity contribution in [2.45, 2.75) is 32.4 Å². The number of amides is 1. The van der Waals surface area contributed by atoms with Crippen LogP contribution in [0.4, 0.5) is 0 Å². The highest BCUT2D eigenvalue weighted by atomic mass is 16.3.